The largest absolute Gasteiger partial charge is 0.340 e. The third-order valence-electron chi connectivity index (χ3n) is 6.33. The Morgan fingerprint density at radius 1 is 1.00 bits per heavy atom. The first kappa shape index (κ1) is 18.4. The number of fused-ring (bicyclic) bond motifs is 1. The van der Waals surface area contributed by atoms with E-state index in [1.165, 1.54) is 37.8 Å². The first-order valence-corrected chi connectivity index (χ1v) is 10.2. The monoisotopic (exact) mass is 373 g/mol. The Balaban J connectivity index is 1.35. The standard InChI is InChI=1S/C21H28FN3O2/c22-17-7-3-6-16(13-17)20(26)24-9-4-10-25(12-11-24)21(27)19-14-15-5-1-2-8-18(15)23-19/h3,6-7,13,15,18-19,23H,1-2,4-5,8-12,14H2. The number of hydrogen-bond acceptors (Lipinski definition) is 3. The van der Waals surface area contributed by atoms with Gasteiger partial charge in [-0.3, -0.25) is 9.59 Å². The summed E-state index contributed by atoms with van der Waals surface area (Å²) in [6.07, 6.45) is 6.67. The Bertz CT molecular complexity index is 696. The molecule has 2 heterocycles. The van der Waals surface area contributed by atoms with Crippen LogP contribution in [0.3, 0.4) is 0 Å². The van der Waals surface area contributed by atoms with Gasteiger partial charge < -0.3 is 15.1 Å². The van der Waals surface area contributed by atoms with Crippen molar-refractivity contribution in [1.82, 2.24) is 15.1 Å². The Kier molecular flexibility index (Phi) is 5.43. The normalized spacial score (nSPS) is 28.6. The predicted molar refractivity (Wildman–Crippen MR) is 101 cm³/mol. The lowest BCUT2D eigenvalue weighted by Crippen LogP contribution is -2.46. The summed E-state index contributed by atoms with van der Waals surface area (Å²) in [5.41, 5.74) is 0.372. The second-order valence-corrected chi connectivity index (χ2v) is 8.09. The zero-order valence-electron chi connectivity index (χ0n) is 15.7. The number of halogens is 1. The van der Waals surface area contributed by atoms with Crippen molar-refractivity contribution < 1.29 is 14.0 Å². The molecule has 1 aromatic carbocycles. The second kappa shape index (κ2) is 7.97. The quantitative estimate of drug-likeness (QED) is 0.866. The summed E-state index contributed by atoms with van der Waals surface area (Å²) in [5, 5.41) is 3.56. The van der Waals surface area contributed by atoms with E-state index in [1.54, 1.807) is 17.0 Å². The minimum absolute atomic E-state index is 0.0661. The molecule has 1 aliphatic carbocycles. The molecule has 27 heavy (non-hydrogen) atoms. The maximum atomic E-state index is 13.4. The van der Waals surface area contributed by atoms with Gasteiger partial charge in [0.25, 0.3) is 5.91 Å². The lowest BCUT2D eigenvalue weighted by Gasteiger charge is -2.25. The zero-order chi connectivity index (χ0) is 18.8. The third kappa shape index (κ3) is 4.00. The summed E-state index contributed by atoms with van der Waals surface area (Å²) < 4.78 is 13.4. The van der Waals surface area contributed by atoms with E-state index in [0.29, 0.717) is 43.7 Å². The van der Waals surface area contributed by atoms with Crippen LogP contribution in [-0.4, -0.2) is 59.9 Å². The SMILES string of the molecule is O=C(c1cccc(F)c1)N1CCCN(C(=O)C2CC3CCCCC3N2)CC1. The van der Waals surface area contributed by atoms with Crippen molar-refractivity contribution in [2.24, 2.45) is 5.92 Å². The highest BCUT2D eigenvalue weighted by Gasteiger charge is 2.40. The van der Waals surface area contributed by atoms with Gasteiger partial charge >= 0.3 is 0 Å². The van der Waals surface area contributed by atoms with Crippen LogP contribution in [0.1, 0.15) is 48.9 Å². The summed E-state index contributed by atoms with van der Waals surface area (Å²) >= 11 is 0. The number of carbonyl (C=O) groups is 2. The topological polar surface area (TPSA) is 52.7 Å². The van der Waals surface area contributed by atoms with Gasteiger partial charge in [-0.15, -0.1) is 0 Å². The Hall–Kier alpha value is -1.95. The number of nitrogens with zero attached hydrogens (tertiary/aromatic N) is 2. The van der Waals surface area contributed by atoms with Gasteiger partial charge in [-0.2, -0.15) is 0 Å². The number of rotatable bonds is 2. The van der Waals surface area contributed by atoms with Gasteiger partial charge in [0.15, 0.2) is 0 Å². The average molecular weight is 373 g/mol. The molecule has 0 aromatic heterocycles. The van der Waals surface area contributed by atoms with Gasteiger partial charge in [0, 0.05) is 37.8 Å². The lowest BCUT2D eigenvalue weighted by molar-refractivity contribution is -0.133. The first-order valence-electron chi connectivity index (χ1n) is 10.2. The minimum Gasteiger partial charge on any atom is -0.340 e. The van der Waals surface area contributed by atoms with Crippen LogP contribution in [0.25, 0.3) is 0 Å². The number of hydrogen-bond donors (Lipinski definition) is 1. The van der Waals surface area contributed by atoms with E-state index < -0.39 is 5.82 Å². The van der Waals surface area contributed by atoms with Crippen LogP contribution in [0.2, 0.25) is 0 Å². The van der Waals surface area contributed by atoms with Gasteiger partial charge in [-0.25, -0.2) is 4.39 Å². The molecule has 3 fully saturated rings. The smallest absolute Gasteiger partial charge is 0.254 e. The molecule has 2 saturated heterocycles. The van der Waals surface area contributed by atoms with E-state index in [2.05, 4.69) is 5.32 Å². The second-order valence-electron chi connectivity index (χ2n) is 8.09. The van der Waals surface area contributed by atoms with Crippen molar-refractivity contribution >= 4 is 11.8 Å². The Labute approximate surface area is 159 Å². The summed E-state index contributed by atoms with van der Waals surface area (Å²) in [6.45, 7) is 2.33. The highest BCUT2D eigenvalue weighted by Crippen LogP contribution is 2.33. The molecule has 2 aliphatic heterocycles. The molecule has 2 amide bonds. The molecule has 5 nitrogen and oxygen atoms in total. The van der Waals surface area contributed by atoms with Crippen LogP contribution >= 0.6 is 0 Å². The van der Waals surface area contributed by atoms with Crippen LogP contribution in [-0.2, 0) is 4.79 Å². The summed E-state index contributed by atoms with van der Waals surface area (Å²) in [7, 11) is 0. The molecule has 0 radical (unpaired) electrons. The van der Waals surface area contributed by atoms with Gasteiger partial charge in [-0.05, 0) is 49.8 Å². The summed E-state index contributed by atoms with van der Waals surface area (Å²) in [4.78, 5) is 29.3. The van der Waals surface area contributed by atoms with E-state index in [0.717, 1.165) is 12.8 Å². The fourth-order valence-corrected chi connectivity index (χ4v) is 4.88. The molecule has 0 spiro atoms. The van der Waals surface area contributed by atoms with E-state index in [1.807, 2.05) is 4.90 Å². The molecular formula is C21H28FN3O2. The van der Waals surface area contributed by atoms with E-state index in [-0.39, 0.29) is 17.9 Å². The lowest BCUT2D eigenvalue weighted by atomic mass is 9.85. The zero-order valence-corrected chi connectivity index (χ0v) is 15.7. The number of benzene rings is 1. The van der Waals surface area contributed by atoms with Crippen molar-refractivity contribution in [2.75, 3.05) is 26.2 Å². The van der Waals surface area contributed by atoms with Crippen LogP contribution in [0.5, 0.6) is 0 Å². The molecule has 0 bridgehead atoms. The molecule has 1 saturated carbocycles. The van der Waals surface area contributed by atoms with Crippen LogP contribution in [0.4, 0.5) is 4.39 Å². The Morgan fingerprint density at radius 3 is 2.59 bits per heavy atom. The first-order chi connectivity index (χ1) is 13.1. The molecule has 1 N–H and O–H groups in total. The van der Waals surface area contributed by atoms with Crippen molar-refractivity contribution in [1.29, 1.82) is 0 Å². The van der Waals surface area contributed by atoms with Gasteiger partial charge in [0.2, 0.25) is 5.91 Å². The Morgan fingerprint density at radius 2 is 1.78 bits per heavy atom. The predicted octanol–water partition coefficient (Wildman–Crippen LogP) is 2.42. The maximum Gasteiger partial charge on any atom is 0.254 e. The molecule has 1 aromatic rings. The number of amides is 2. The van der Waals surface area contributed by atoms with Crippen molar-refractivity contribution in [3.8, 4) is 0 Å². The molecule has 4 rings (SSSR count). The van der Waals surface area contributed by atoms with Gasteiger partial charge in [-0.1, -0.05) is 18.9 Å². The van der Waals surface area contributed by atoms with Crippen molar-refractivity contribution in [2.45, 2.75) is 50.6 Å². The van der Waals surface area contributed by atoms with E-state index in [9.17, 15) is 14.0 Å². The minimum atomic E-state index is -0.402. The molecular weight excluding hydrogens is 345 g/mol. The fraction of sp³-hybridized carbons (Fsp3) is 0.619. The molecule has 6 heteroatoms. The van der Waals surface area contributed by atoms with Crippen LogP contribution in [0, 0.1) is 11.7 Å². The fourth-order valence-electron chi connectivity index (χ4n) is 4.88. The highest BCUT2D eigenvalue weighted by atomic mass is 19.1. The molecule has 3 unspecified atom stereocenters. The molecule has 3 atom stereocenters. The summed E-state index contributed by atoms with van der Waals surface area (Å²) in [5.74, 6) is 0.269. The van der Waals surface area contributed by atoms with Crippen LogP contribution < -0.4 is 5.32 Å². The maximum absolute atomic E-state index is 13.4. The van der Waals surface area contributed by atoms with E-state index in [4.69, 9.17) is 0 Å². The molecule has 146 valence electrons. The van der Waals surface area contributed by atoms with E-state index >= 15 is 0 Å². The van der Waals surface area contributed by atoms with Crippen LogP contribution in [0.15, 0.2) is 24.3 Å². The van der Waals surface area contributed by atoms with Crippen molar-refractivity contribution in [3.63, 3.8) is 0 Å². The average Bonchev–Trinajstić information content (AvgIpc) is 2.96. The molecule has 3 aliphatic rings. The third-order valence-corrected chi connectivity index (χ3v) is 6.33. The number of carbonyl (C=O) groups excluding carboxylic acids is 2. The summed E-state index contributed by atoms with van der Waals surface area (Å²) in [6, 6.07) is 6.26. The highest BCUT2D eigenvalue weighted by molar-refractivity contribution is 5.94. The number of nitrogens with one attached hydrogen (secondary N) is 1. The van der Waals surface area contributed by atoms with Gasteiger partial charge in [0.1, 0.15) is 5.82 Å². The van der Waals surface area contributed by atoms with Gasteiger partial charge in [0.05, 0.1) is 6.04 Å². The van der Waals surface area contributed by atoms with Crippen molar-refractivity contribution in [3.05, 3.63) is 35.6 Å².